The molecule has 7 heterocycles. The fraction of sp³-hybridized carbons (Fsp3) is 0.396. The summed E-state index contributed by atoms with van der Waals surface area (Å²) < 4.78 is 79.7. The van der Waals surface area contributed by atoms with Crippen molar-refractivity contribution >= 4 is 99.4 Å². The smallest absolute Gasteiger partial charge is 0.748 e. The number of aliphatic hydroxyl groups excluding tert-OH is 1. The van der Waals surface area contributed by atoms with Crippen molar-refractivity contribution in [2.24, 2.45) is 32.7 Å². The predicted octanol–water partition coefficient (Wildman–Crippen LogP) is 13.7. The molecule has 2 unspecified atom stereocenters. The number of nitrogens with one attached hydrogen (secondary N) is 2. The van der Waals surface area contributed by atoms with Crippen LogP contribution in [0, 0.1) is 17.8 Å². The Kier molecular flexibility index (Phi) is 26.4. The van der Waals surface area contributed by atoms with Gasteiger partial charge < -0.3 is 34.5 Å². The van der Waals surface area contributed by atoms with Crippen LogP contribution in [-0.4, -0.2) is 102 Å². The number of amides is 1. The molecule has 1 saturated heterocycles. The normalized spacial score (nSPS) is 21.4. The predicted molar refractivity (Wildman–Crippen MR) is 447 cm³/mol. The molecule has 574 valence electrons. The van der Waals surface area contributed by atoms with E-state index in [0.29, 0.717) is 51.1 Å². The number of hydrogen-bond acceptors (Lipinski definition) is 15. The average molecular weight is 1580 g/mol. The Bertz CT molecular complexity index is 5440. The first-order valence-corrected chi connectivity index (χ1v) is 43.4. The van der Waals surface area contributed by atoms with Crippen LogP contribution in [0.3, 0.4) is 0 Å². The molecule has 0 spiro atoms. The number of fused-ring (bicyclic) bond motifs is 11. The van der Waals surface area contributed by atoms with Crippen LogP contribution in [0.25, 0.3) is 21.5 Å². The third-order valence-corrected chi connectivity index (χ3v) is 26.6. The number of aliphatic hydroxyl groups is 1. The molecule has 4 atom stereocenters. The molecule has 1 fully saturated rings. The van der Waals surface area contributed by atoms with Crippen LogP contribution in [-0.2, 0) is 40.6 Å². The minimum absolute atomic E-state index is 0. The molecule has 0 aromatic heterocycles. The van der Waals surface area contributed by atoms with Crippen molar-refractivity contribution in [1.82, 2.24) is 5.32 Å². The zero-order valence-electron chi connectivity index (χ0n) is 67.3. The van der Waals surface area contributed by atoms with Gasteiger partial charge in [-0.15, -0.1) is 0 Å². The maximum absolute atomic E-state index is 14.5. The number of carbonyl (C=O) groups is 1. The molecule has 0 radical (unpaired) electrons. The maximum atomic E-state index is 14.5. The van der Waals surface area contributed by atoms with Crippen molar-refractivity contribution in [3.8, 4) is 0 Å². The third-order valence-electron chi connectivity index (χ3n) is 23.9. The van der Waals surface area contributed by atoms with Crippen LogP contribution >= 0.6 is 11.8 Å². The van der Waals surface area contributed by atoms with Gasteiger partial charge in [0.05, 0.1) is 66.0 Å². The zero-order chi connectivity index (χ0) is 77.7. The molecular formula is C91H102N7Na2O9S3+. The van der Waals surface area contributed by atoms with E-state index in [0.717, 1.165) is 183 Å². The summed E-state index contributed by atoms with van der Waals surface area (Å²) in [6.45, 7) is 25.8. The van der Waals surface area contributed by atoms with Crippen molar-refractivity contribution < 1.29 is 104 Å². The van der Waals surface area contributed by atoms with E-state index in [-0.39, 0.29) is 114 Å². The van der Waals surface area contributed by atoms with Gasteiger partial charge in [-0.2, -0.15) is 4.58 Å². The first kappa shape index (κ1) is 84.6. The summed E-state index contributed by atoms with van der Waals surface area (Å²) in [5, 5.41) is 23.6. The van der Waals surface area contributed by atoms with Crippen molar-refractivity contribution in [3.05, 3.63) is 246 Å². The number of rotatable bonds is 27. The number of allylic oxidation sites excluding steroid dienone is 18. The molecule has 5 aromatic rings. The monoisotopic (exact) mass is 1580 g/mol. The molecule has 14 rings (SSSR count). The van der Waals surface area contributed by atoms with Crippen LogP contribution < -0.4 is 74.6 Å². The number of nitrogens with zero attached hydrogens (tertiary/aromatic N) is 5. The van der Waals surface area contributed by atoms with E-state index < -0.39 is 42.6 Å². The molecular weight excluding hydrogens is 1480 g/mol. The summed E-state index contributed by atoms with van der Waals surface area (Å²) in [6.07, 6.45) is 27.0. The molecule has 9 aliphatic rings. The minimum atomic E-state index is -4.38. The van der Waals surface area contributed by atoms with E-state index in [1.807, 2.05) is 25.1 Å². The summed E-state index contributed by atoms with van der Waals surface area (Å²) in [5.74, 6) is -0.829. The van der Waals surface area contributed by atoms with Crippen LogP contribution in [0.1, 0.15) is 177 Å². The molecule has 0 saturated carbocycles. The summed E-state index contributed by atoms with van der Waals surface area (Å²) in [4.78, 5) is 34.9. The van der Waals surface area contributed by atoms with Crippen molar-refractivity contribution in [2.45, 2.75) is 188 Å². The quantitative estimate of drug-likeness (QED) is 0.0193. The molecule has 8 bridgehead atoms. The van der Waals surface area contributed by atoms with Gasteiger partial charge >= 0.3 is 59.1 Å². The second kappa shape index (κ2) is 34.9. The number of thioether (sulfide) groups is 1. The van der Waals surface area contributed by atoms with Gasteiger partial charge in [0, 0.05) is 134 Å². The van der Waals surface area contributed by atoms with Gasteiger partial charge in [-0.3, -0.25) is 4.79 Å². The zero-order valence-corrected chi connectivity index (χ0v) is 73.7. The fourth-order valence-electron chi connectivity index (χ4n) is 18.0. The summed E-state index contributed by atoms with van der Waals surface area (Å²) in [5.41, 5.74) is 21.5. The van der Waals surface area contributed by atoms with Gasteiger partial charge in [0.25, 0.3) is 0 Å². The van der Waals surface area contributed by atoms with Crippen molar-refractivity contribution in [1.29, 1.82) is 0 Å². The number of carbonyl (C=O) groups excluding carboxylic acids is 1. The molecule has 5 aromatic carbocycles. The Morgan fingerprint density at radius 3 is 2.16 bits per heavy atom. The van der Waals surface area contributed by atoms with Crippen LogP contribution in [0.15, 0.2) is 255 Å². The molecule has 7 aliphatic heterocycles. The van der Waals surface area contributed by atoms with E-state index in [2.05, 4.69) is 217 Å². The Labute approximate surface area is 710 Å². The van der Waals surface area contributed by atoms with Gasteiger partial charge in [0.15, 0.2) is 5.71 Å². The summed E-state index contributed by atoms with van der Waals surface area (Å²) >= 11 is 1.68. The standard InChI is InChI=1S/C91H103N7O9S3.2Na/c1-12-14-15-22-47-107-59(7)84-57(5)73-52-72-56(4)67(88(95-72)70-51-79(99)85-58(6)74(96-89(70)85)53-75-66(13-2)55(3)71(93-75)54-76(84)94-73)39-44-83(100)92-64-35-37-65(38-36-64)108-80-50-60(30-42-81-90(8,9)86-68-27-18-16-25-61(68)32-40-77(86)97(81)45-20-23-48-109(101,102)103)29-31-63(80)34-43-82-91(10,11)87-69-28-19-17-26-62(69)33-41-78(87)98(82)46-21-24-49-110(104,105)106;;/h16-19,25-28,30,32-38,40-43,50,52-54,56,59-60,67H,12-15,20-24,29,31,39,44-49,51H2,1-11H3,(H4-,92,93,94,95,96,99,100,101,102,103,104,105,106);;/q;2*+1/p-1/b42-30+,63-34-,82-43-;;/t56-,59?,60?,67-;;/m0../s1. The van der Waals surface area contributed by atoms with E-state index >= 15 is 0 Å². The molecule has 2 aliphatic carbocycles. The molecule has 21 heteroatoms. The summed E-state index contributed by atoms with van der Waals surface area (Å²) in [6, 6.07) is 33.5. The molecule has 16 nitrogen and oxygen atoms in total. The van der Waals surface area contributed by atoms with E-state index in [9.17, 15) is 35.8 Å². The van der Waals surface area contributed by atoms with E-state index in [4.69, 9.17) is 19.7 Å². The first-order valence-electron chi connectivity index (χ1n) is 39.4. The Balaban J connectivity index is 0.00000582. The van der Waals surface area contributed by atoms with Crippen molar-refractivity contribution in [3.63, 3.8) is 0 Å². The summed E-state index contributed by atoms with van der Waals surface area (Å²) in [7, 11) is -8.75. The maximum Gasteiger partial charge on any atom is 1.00 e. The largest absolute Gasteiger partial charge is 1.00 e. The number of unbranched alkanes of at least 4 members (excludes halogenated alkanes) is 5. The van der Waals surface area contributed by atoms with Gasteiger partial charge in [-0.05, 0) is 215 Å². The number of aliphatic imine (C=N–C) groups is 3. The van der Waals surface area contributed by atoms with Crippen LogP contribution in [0.4, 0.5) is 17.1 Å². The second-order valence-electron chi connectivity index (χ2n) is 31.9. The molecule has 1 amide bonds. The van der Waals surface area contributed by atoms with Gasteiger partial charge in [0.1, 0.15) is 12.3 Å². The SMILES string of the molecule is CCCCCCOC(C)C1=C(C)C2=NC1=CC1=NC(=CC3=C(C)C4=C(O)CC(=C5NC(=C2)[C@@H](C)[C@@H]5CCC(=O)Nc2ccc(SC5=CC(/C=C/C6=[N+](CCCCS(=O)(=O)[O-])c7ccc8ccccc8c7C6(C)C)CC/C5=C/C=C5\N(CCCCS(=O)(=O)[O-])c6ccc7ccccc7c6C5(C)C)cc2)C4=N3)C(CC)=C1C.[Na+].[Na+]. The third kappa shape index (κ3) is 17.5. The average Bonchev–Trinajstić information content (AvgIpc) is 1.60. The Morgan fingerprint density at radius 1 is 0.777 bits per heavy atom. The first-order chi connectivity index (χ1) is 52.6. The Morgan fingerprint density at radius 2 is 1.46 bits per heavy atom. The Hall–Kier alpha value is -6.82. The fourth-order valence-corrected chi connectivity index (χ4v) is 20.2. The number of ether oxygens (including phenoxy) is 1. The van der Waals surface area contributed by atoms with Gasteiger partial charge in [-0.1, -0.05) is 138 Å². The minimum Gasteiger partial charge on any atom is -0.748 e. The topological polar surface area (TPSA) is 228 Å². The van der Waals surface area contributed by atoms with Crippen LogP contribution in [0.2, 0.25) is 0 Å². The molecule has 112 heavy (non-hydrogen) atoms. The number of hydrogen-bond donors (Lipinski definition) is 3. The van der Waals surface area contributed by atoms with Gasteiger partial charge in [0.2, 0.25) is 11.6 Å². The van der Waals surface area contributed by atoms with E-state index in [1.165, 1.54) is 17.5 Å². The number of anilines is 2. The van der Waals surface area contributed by atoms with Crippen LogP contribution in [0.5, 0.6) is 0 Å². The number of benzene rings is 5. The second-order valence-corrected chi connectivity index (χ2v) is 36.1. The van der Waals surface area contributed by atoms with Crippen molar-refractivity contribution in [2.75, 3.05) is 41.4 Å². The van der Waals surface area contributed by atoms with E-state index in [1.54, 1.807) is 11.8 Å². The molecule has 3 N–H and O–H groups in total. The van der Waals surface area contributed by atoms with Gasteiger partial charge in [-0.25, -0.2) is 31.8 Å².